The number of hydrogen-bond donors (Lipinski definition) is 3. The maximum Gasteiger partial charge on any atom is 0.258 e. The quantitative estimate of drug-likeness (QED) is 0.569. The molecule has 8 heteroatoms. The lowest BCUT2D eigenvalue weighted by Crippen LogP contribution is -2.32. The third-order valence-electron chi connectivity index (χ3n) is 4.05. The zero-order valence-corrected chi connectivity index (χ0v) is 15.8. The van der Waals surface area contributed by atoms with Crippen LogP contribution in [-0.2, 0) is 16.0 Å². The van der Waals surface area contributed by atoms with Gasteiger partial charge in [0.15, 0.2) is 0 Å². The van der Waals surface area contributed by atoms with E-state index in [4.69, 9.17) is 11.6 Å². The molecule has 1 aromatic heterocycles. The summed E-state index contributed by atoms with van der Waals surface area (Å²) in [5.41, 5.74) is 1.04. The number of nitrogens with zero attached hydrogens (tertiary/aromatic N) is 1. The van der Waals surface area contributed by atoms with E-state index in [9.17, 15) is 14.4 Å². The van der Waals surface area contributed by atoms with Crippen molar-refractivity contribution in [2.24, 2.45) is 0 Å². The van der Waals surface area contributed by atoms with Gasteiger partial charge in [0.2, 0.25) is 11.8 Å². The molecular weight excluding hydrogens is 380 g/mol. The minimum absolute atomic E-state index is 0.119. The van der Waals surface area contributed by atoms with Crippen molar-refractivity contribution in [3.05, 3.63) is 69.7 Å². The van der Waals surface area contributed by atoms with Crippen molar-refractivity contribution in [2.45, 2.75) is 19.3 Å². The molecule has 144 valence electrons. The minimum atomic E-state index is -0.323. The van der Waals surface area contributed by atoms with Crippen LogP contribution in [-0.4, -0.2) is 28.3 Å². The number of aromatic nitrogens is 2. The Balaban J connectivity index is 1.42. The normalized spacial score (nSPS) is 10.6. The van der Waals surface area contributed by atoms with Crippen LogP contribution in [0.4, 0.5) is 5.69 Å². The Labute approximate surface area is 166 Å². The van der Waals surface area contributed by atoms with Crippen LogP contribution in [0.1, 0.15) is 18.7 Å². The third-order valence-corrected chi connectivity index (χ3v) is 4.31. The summed E-state index contributed by atoms with van der Waals surface area (Å²) < 4.78 is 0. The molecule has 0 saturated heterocycles. The number of H-pyrrole nitrogens is 1. The first-order valence-corrected chi connectivity index (χ1v) is 9.19. The van der Waals surface area contributed by atoms with Crippen LogP contribution in [0.5, 0.6) is 0 Å². The Morgan fingerprint density at radius 3 is 2.57 bits per heavy atom. The molecule has 3 N–H and O–H groups in total. The summed E-state index contributed by atoms with van der Waals surface area (Å²) in [7, 11) is 0. The van der Waals surface area contributed by atoms with Crippen LogP contribution < -0.4 is 16.2 Å². The first kappa shape index (κ1) is 19.6. The van der Waals surface area contributed by atoms with E-state index in [0.29, 0.717) is 40.3 Å². The smallest absolute Gasteiger partial charge is 0.258 e. The molecule has 28 heavy (non-hydrogen) atoms. The molecule has 2 amide bonds. The summed E-state index contributed by atoms with van der Waals surface area (Å²) in [4.78, 5) is 42.9. The van der Waals surface area contributed by atoms with Gasteiger partial charge < -0.3 is 15.6 Å². The second-order valence-corrected chi connectivity index (χ2v) is 6.65. The highest BCUT2D eigenvalue weighted by Crippen LogP contribution is 2.13. The number of amides is 2. The van der Waals surface area contributed by atoms with E-state index in [0.717, 1.165) is 0 Å². The highest BCUT2D eigenvalue weighted by atomic mass is 35.5. The largest absolute Gasteiger partial charge is 0.347 e. The van der Waals surface area contributed by atoms with Gasteiger partial charge >= 0.3 is 0 Å². The van der Waals surface area contributed by atoms with Crippen LogP contribution >= 0.6 is 11.6 Å². The van der Waals surface area contributed by atoms with Gasteiger partial charge in [-0.25, -0.2) is 4.98 Å². The summed E-state index contributed by atoms with van der Waals surface area (Å²) in [5.74, 6) is -0.0254. The van der Waals surface area contributed by atoms with E-state index >= 15 is 0 Å². The number of aryl methyl sites for hydroxylation is 1. The molecule has 0 aliphatic rings. The Hall–Kier alpha value is -3.19. The zero-order chi connectivity index (χ0) is 19.9. The van der Waals surface area contributed by atoms with Gasteiger partial charge in [0, 0.05) is 23.6 Å². The zero-order valence-electron chi connectivity index (χ0n) is 15.0. The predicted molar refractivity (Wildman–Crippen MR) is 108 cm³/mol. The standard InChI is InChI=1S/C20H19ClN4O3/c21-13-8-10-14(11-9-13)23-19(27)12-22-18(26)7-3-6-17-24-16-5-2-1-4-15(16)20(28)25-17/h1-2,4-5,8-11H,3,6-7,12H2,(H,22,26)(H,23,27)(H,24,25,28). The maximum absolute atomic E-state index is 12.0. The Morgan fingerprint density at radius 1 is 1.04 bits per heavy atom. The number of halogens is 1. The second-order valence-electron chi connectivity index (χ2n) is 6.22. The lowest BCUT2D eigenvalue weighted by molar-refractivity contribution is -0.124. The number of para-hydroxylation sites is 1. The highest BCUT2D eigenvalue weighted by Gasteiger charge is 2.08. The molecule has 0 aliphatic heterocycles. The van der Waals surface area contributed by atoms with Crippen LogP contribution in [0, 0.1) is 0 Å². The van der Waals surface area contributed by atoms with Crippen molar-refractivity contribution in [2.75, 3.05) is 11.9 Å². The summed E-state index contributed by atoms with van der Waals surface area (Å²) >= 11 is 5.79. The van der Waals surface area contributed by atoms with Crippen molar-refractivity contribution in [3.63, 3.8) is 0 Å². The lowest BCUT2D eigenvalue weighted by atomic mass is 10.2. The average molecular weight is 399 g/mol. The predicted octanol–water partition coefficient (Wildman–Crippen LogP) is 2.65. The van der Waals surface area contributed by atoms with E-state index in [1.54, 1.807) is 42.5 Å². The van der Waals surface area contributed by atoms with Gasteiger partial charge in [-0.1, -0.05) is 23.7 Å². The van der Waals surface area contributed by atoms with Crippen molar-refractivity contribution in [3.8, 4) is 0 Å². The molecule has 0 fully saturated rings. The molecule has 0 radical (unpaired) electrons. The number of benzene rings is 2. The molecule has 0 bridgehead atoms. The monoisotopic (exact) mass is 398 g/mol. The molecule has 0 aliphatic carbocycles. The summed E-state index contributed by atoms with van der Waals surface area (Å²) in [6, 6.07) is 13.8. The number of fused-ring (bicyclic) bond motifs is 1. The molecule has 7 nitrogen and oxygen atoms in total. The Bertz CT molecular complexity index is 1050. The average Bonchev–Trinajstić information content (AvgIpc) is 2.68. The number of carbonyl (C=O) groups is 2. The molecule has 0 atom stereocenters. The molecular formula is C20H19ClN4O3. The van der Waals surface area contributed by atoms with Crippen LogP contribution in [0.2, 0.25) is 5.02 Å². The highest BCUT2D eigenvalue weighted by molar-refractivity contribution is 6.30. The number of aromatic amines is 1. The number of rotatable bonds is 7. The fourth-order valence-electron chi connectivity index (χ4n) is 2.68. The van der Waals surface area contributed by atoms with Gasteiger partial charge in [-0.05, 0) is 42.8 Å². The molecule has 3 aromatic rings. The Morgan fingerprint density at radius 2 is 1.79 bits per heavy atom. The molecule has 3 rings (SSSR count). The Kier molecular flexibility index (Phi) is 6.39. The van der Waals surface area contributed by atoms with Gasteiger partial charge in [-0.3, -0.25) is 14.4 Å². The van der Waals surface area contributed by atoms with Crippen molar-refractivity contribution in [1.82, 2.24) is 15.3 Å². The molecule has 0 spiro atoms. The van der Waals surface area contributed by atoms with Gasteiger partial charge in [0.1, 0.15) is 5.82 Å². The summed E-state index contributed by atoms with van der Waals surface area (Å²) in [6.07, 6.45) is 1.20. The van der Waals surface area contributed by atoms with E-state index in [2.05, 4.69) is 20.6 Å². The van der Waals surface area contributed by atoms with Crippen molar-refractivity contribution in [1.29, 1.82) is 0 Å². The van der Waals surface area contributed by atoms with Crippen LogP contribution in [0.3, 0.4) is 0 Å². The molecule has 2 aromatic carbocycles. The number of anilines is 1. The maximum atomic E-state index is 12.0. The molecule has 0 saturated carbocycles. The van der Waals surface area contributed by atoms with Crippen molar-refractivity contribution < 1.29 is 9.59 Å². The van der Waals surface area contributed by atoms with Crippen LogP contribution in [0.25, 0.3) is 10.9 Å². The third kappa shape index (κ3) is 5.40. The SMILES string of the molecule is O=C(CCCc1nc2ccccc2c(=O)[nH]1)NCC(=O)Nc1ccc(Cl)cc1. The van der Waals surface area contributed by atoms with E-state index in [-0.39, 0.29) is 30.3 Å². The number of carbonyl (C=O) groups excluding carboxylic acids is 2. The topological polar surface area (TPSA) is 104 Å². The second kappa shape index (κ2) is 9.14. The summed E-state index contributed by atoms with van der Waals surface area (Å²) in [6.45, 7) is -0.119. The summed E-state index contributed by atoms with van der Waals surface area (Å²) in [5, 5.41) is 6.35. The van der Waals surface area contributed by atoms with E-state index < -0.39 is 0 Å². The van der Waals surface area contributed by atoms with Crippen LogP contribution in [0.15, 0.2) is 53.3 Å². The van der Waals surface area contributed by atoms with Gasteiger partial charge in [0.05, 0.1) is 17.4 Å². The van der Waals surface area contributed by atoms with Gasteiger partial charge in [-0.15, -0.1) is 0 Å². The van der Waals surface area contributed by atoms with E-state index in [1.807, 2.05) is 6.07 Å². The van der Waals surface area contributed by atoms with Gasteiger partial charge in [-0.2, -0.15) is 0 Å². The number of nitrogens with one attached hydrogen (secondary N) is 3. The molecule has 1 heterocycles. The van der Waals surface area contributed by atoms with Crippen molar-refractivity contribution >= 4 is 40.0 Å². The fourth-order valence-corrected chi connectivity index (χ4v) is 2.80. The lowest BCUT2D eigenvalue weighted by Gasteiger charge is -2.07. The number of hydrogen-bond acceptors (Lipinski definition) is 4. The fraction of sp³-hybridized carbons (Fsp3) is 0.200. The molecule has 0 unspecified atom stereocenters. The minimum Gasteiger partial charge on any atom is -0.347 e. The first-order chi connectivity index (χ1) is 13.5. The van der Waals surface area contributed by atoms with Gasteiger partial charge in [0.25, 0.3) is 5.56 Å². The van der Waals surface area contributed by atoms with E-state index in [1.165, 1.54) is 0 Å². The first-order valence-electron chi connectivity index (χ1n) is 8.81.